The summed E-state index contributed by atoms with van der Waals surface area (Å²) in [6.45, 7) is 3.58. The minimum atomic E-state index is -1.36. The van der Waals surface area contributed by atoms with Crippen LogP contribution in [0.5, 0.6) is 0 Å². The number of primary amides is 1. The van der Waals surface area contributed by atoms with Crippen LogP contribution in [0.4, 0.5) is 0 Å². The molecule has 2 rings (SSSR count). The van der Waals surface area contributed by atoms with Crippen LogP contribution in [0.3, 0.4) is 0 Å². The van der Waals surface area contributed by atoms with Gasteiger partial charge in [-0.3, -0.25) is 19.2 Å². The van der Waals surface area contributed by atoms with Crippen LogP contribution < -0.4 is 27.4 Å². The maximum atomic E-state index is 13.5. The van der Waals surface area contributed by atoms with Crippen molar-refractivity contribution in [2.24, 2.45) is 17.4 Å². The first-order valence-electron chi connectivity index (χ1n) is 12.7. The monoisotopic (exact) mass is 562 g/mol. The van der Waals surface area contributed by atoms with E-state index in [2.05, 4.69) is 20.9 Å². The van der Waals surface area contributed by atoms with E-state index in [4.69, 9.17) is 11.5 Å². The van der Waals surface area contributed by atoms with E-state index in [1.54, 1.807) is 20.0 Å². The summed E-state index contributed by atoms with van der Waals surface area (Å²) in [4.78, 5) is 65.2. The second-order valence-corrected chi connectivity index (χ2v) is 10.6. The Morgan fingerprint density at radius 1 is 0.949 bits per heavy atom. The first kappa shape index (κ1) is 31.6. The van der Waals surface area contributed by atoms with Gasteiger partial charge in [0.2, 0.25) is 23.6 Å². The molecule has 4 unspecified atom stereocenters. The van der Waals surface area contributed by atoms with Gasteiger partial charge in [0.05, 0.1) is 6.04 Å². The predicted molar refractivity (Wildman–Crippen MR) is 150 cm³/mol. The van der Waals surface area contributed by atoms with Crippen LogP contribution in [0.2, 0.25) is 0 Å². The number of benzene rings is 1. The number of H-pyrrole nitrogens is 1. The molecular formula is C26H38N6O6S. The minimum Gasteiger partial charge on any atom is -0.480 e. The Morgan fingerprint density at radius 3 is 2.18 bits per heavy atom. The van der Waals surface area contributed by atoms with Crippen molar-refractivity contribution in [3.05, 3.63) is 36.0 Å². The highest BCUT2D eigenvalue weighted by atomic mass is 32.2. The number of aromatic amines is 1. The van der Waals surface area contributed by atoms with Gasteiger partial charge in [-0.05, 0) is 42.4 Å². The van der Waals surface area contributed by atoms with Gasteiger partial charge >= 0.3 is 5.97 Å². The fourth-order valence-corrected chi connectivity index (χ4v) is 4.36. The van der Waals surface area contributed by atoms with Gasteiger partial charge in [-0.15, -0.1) is 0 Å². The number of aliphatic carboxylic acids is 1. The van der Waals surface area contributed by atoms with Crippen molar-refractivity contribution < 1.29 is 29.1 Å². The van der Waals surface area contributed by atoms with Gasteiger partial charge < -0.3 is 37.5 Å². The summed E-state index contributed by atoms with van der Waals surface area (Å²) < 4.78 is 0. The molecule has 2 aromatic rings. The number of carboxylic acids is 1. The lowest BCUT2D eigenvalue weighted by Gasteiger charge is -2.25. The van der Waals surface area contributed by atoms with Gasteiger partial charge in [-0.1, -0.05) is 32.0 Å². The maximum absolute atomic E-state index is 13.5. The molecule has 0 aliphatic heterocycles. The number of hydrogen-bond acceptors (Lipinski definition) is 7. The third-order valence-corrected chi connectivity index (χ3v) is 6.93. The molecule has 1 heterocycles. The summed E-state index contributed by atoms with van der Waals surface area (Å²) in [6, 6.07) is 3.18. The summed E-state index contributed by atoms with van der Waals surface area (Å²) in [5.41, 5.74) is 12.8. The third kappa shape index (κ3) is 9.59. The van der Waals surface area contributed by atoms with Crippen molar-refractivity contribution in [1.82, 2.24) is 20.9 Å². The highest BCUT2D eigenvalue weighted by molar-refractivity contribution is 7.98. The summed E-state index contributed by atoms with van der Waals surface area (Å²) in [5, 5.41) is 18.1. The molecule has 0 fully saturated rings. The predicted octanol–water partition coefficient (Wildman–Crippen LogP) is 0.251. The highest BCUT2D eigenvalue weighted by Crippen LogP contribution is 2.19. The number of nitrogens with two attached hydrogens (primary N) is 2. The summed E-state index contributed by atoms with van der Waals surface area (Å²) in [7, 11) is 0. The fraction of sp³-hybridized carbons (Fsp3) is 0.500. The number of para-hydroxylation sites is 1. The van der Waals surface area contributed by atoms with Crippen LogP contribution in [0.1, 0.15) is 38.7 Å². The zero-order valence-electron chi connectivity index (χ0n) is 22.4. The SMILES string of the molecule is CSCCC(NC(=O)C(Cc1c[nH]c2ccccc12)NC(=O)C(N)C(C)C)C(=O)NC(CCC(N)=O)C(=O)O. The molecule has 0 spiro atoms. The van der Waals surface area contributed by atoms with Gasteiger partial charge in [0, 0.05) is 29.9 Å². The average molecular weight is 563 g/mol. The van der Waals surface area contributed by atoms with Crippen LogP contribution in [-0.2, 0) is 30.4 Å². The molecule has 1 aromatic heterocycles. The van der Waals surface area contributed by atoms with E-state index in [9.17, 15) is 29.1 Å². The number of nitrogens with one attached hydrogen (secondary N) is 4. The molecule has 0 saturated heterocycles. The number of carboxylic acid groups (broad SMARTS) is 1. The minimum absolute atomic E-state index is 0.125. The Labute approximate surface area is 231 Å². The van der Waals surface area contributed by atoms with E-state index < -0.39 is 53.8 Å². The molecule has 4 amide bonds. The van der Waals surface area contributed by atoms with Gasteiger partial charge in [-0.2, -0.15) is 11.8 Å². The van der Waals surface area contributed by atoms with Crippen molar-refractivity contribution in [3.8, 4) is 0 Å². The van der Waals surface area contributed by atoms with Crippen LogP contribution in [0.25, 0.3) is 10.9 Å². The first-order chi connectivity index (χ1) is 18.4. The molecule has 9 N–H and O–H groups in total. The molecule has 0 saturated carbocycles. The second kappa shape index (κ2) is 15.1. The average Bonchev–Trinajstić information content (AvgIpc) is 3.30. The van der Waals surface area contributed by atoms with Crippen LogP contribution in [-0.4, -0.2) is 75.9 Å². The van der Waals surface area contributed by atoms with Crippen molar-refractivity contribution >= 4 is 52.3 Å². The Morgan fingerprint density at radius 2 is 1.56 bits per heavy atom. The highest BCUT2D eigenvalue weighted by Gasteiger charge is 2.31. The van der Waals surface area contributed by atoms with E-state index in [-0.39, 0.29) is 31.6 Å². The van der Waals surface area contributed by atoms with E-state index >= 15 is 0 Å². The van der Waals surface area contributed by atoms with Gasteiger partial charge in [0.1, 0.15) is 18.1 Å². The Bertz CT molecular complexity index is 1170. The van der Waals surface area contributed by atoms with Crippen molar-refractivity contribution in [2.45, 2.75) is 63.7 Å². The number of amides is 4. The maximum Gasteiger partial charge on any atom is 0.326 e. The zero-order chi connectivity index (χ0) is 29.1. The molecule has 1 aromatic carbocycles. The van der Waals surface area contributed by atoms with E-state index in [1.807, 2.05) is 30.5 Å². The summed E-state index contributed by atoms with van der Waals surface area (Å²) in [6.07, 6.45) is 3.50. The Hall–Kier alpha value is -3.58. The van der Waals surface area contributed by atoms with Gasteiger partial charge in [-0.25, -0.2) is 4.79 Å². The molecule has 0 bridgehead atoms. The van der Waals surface area contributed by atoms with Gasteiger partial charge in [0.25, 0.3) is 0 Å². The molecule has 0 aliphatic rings. The quantitative estimate of drug-likeness (QED) is 0.150. The number of carbonyl (C=O) groups is 5. The molecule has 12 nitrogen and oxygen atoms in total. The lowest BCUT2D eigenvalue weighted by atomic mass is 10.0. The summed E-state index contributed by atoms with van der Waals surface area (Å²) >= 11 is 1.45. The number of carbonyl (C=O) groups excluding carboxylic acids is 4. The lowest BCUT2D eigenvalue weighted by Crippen LogP contribution is -2.58. The van der Waals surface area contributed by atoms with Crippen LogP contribution in [0.15, 0.2) is 30.5 Å². The molecule has 13 heteroatoms. The van der Waals surface area contributed by atoms with Crippen LogP contribution in [0, 0.1) is 5.92 Å². The second-order valence-electron chi connectivity index (χ2n) is 9.64. The standard InChI is InChI=1S/C26H38N6O6S/c1-14(2)22(28)25(36)32-20(12-15-13-29-17-7-5-4-6-16(15)17)24(35)30-18(10-11-39-3)23(34)31-19(26(37)38)8-9-21(27)33/h4-7,13-14,18-20,22,29H,8-12,28H2,1-3H3,(H2,27,33)(H,30,35)(H,31,34)(H,32,36)(H,37,38). The number of rotatable bonds is 16. The zero-order valence-corrected chi connectivity index (χ0v) is 23.2. The fourth-order valence-electron chi connectivity index (χ4n) is 3.89. The van der Waals surface area contributed by atoms with Gasteiger partial charge in [0.15, 0.2) is 0 Å². The van der Waals surface area contributed by atoms with E-state index in [1.165, 1.54) is 11.8 Å². The number of fused-ring (bicyclic) bond motifs is 1. The Balaban J connectivity index is 2.28. The van der Waals surface area contributed by atoms with E-state index in [0.717, 1.165) is 16.5 Å². The number of aromatic nitrogens is 1. The summed E-state index contributed by atoms with van der Waals surface area (Å²) in [5.74, 6) is -3.54. The van der Waals surface area contributed by atoms with E-state index in [0.29, 0.717) is 5.75 Å². The van der Waals surface area contributed by atoms with Crippen molar-refractivity contribution in [2.75, 3.05) is 12.0 Å². The first-order valence-corrected chi connectivity index (χ1v) is 14.1. The van der Waals surface area contributed by atoms with Crippen LogP contribution >= 0.6 is 11.8 Å². The number of thioether (sulfide) groups is 1. The molecule has 39 heavy (non-hydrogen) atoms. The van der Waals surface area contributed by atoms with Crippen molar-refractivity contribution in [3.63, 3.8) is 0 Å². The lowest BCUT2D eigenvalue weighted by molar-refractivity contribution is -0.142. The largest absolute Gasteiger partial charge is 0.480 e. The van der Waals surface area contributed by atoms with Crippen molar-refractivity contribution in [1.29, 1.82) is 0 Å². The third-order valence-electron chi connectivity index (χ3n) is 6.29. The molecule has 214 valence electrons. The molecular weight excluding hydrogens is 524 g/mol. The normalized spacial score (nSPS) is 14.3. The Kier molecular flexibility index (Phi) is 12.3. The molecule has 4 atom stereocenters. The smallest absolute Gasteiger partial charge is 0.326 e. The molecule has 0 aliphatic carbocycles. The number of hydrogen-bond donors (Lipinski definition) is 7. The molecule has 0 radical (unpaired) electrons. The topological polar surface area (TPSA) is 210 Å².